The van der Waals surface area contributed by atoms with E-state index in [1.54, 1.807) is 4.68 Å². The van der Waals surface area contributed by atoms with Crippen LogP contribution in [-0.2, 0) is 6.54 Å². The van der Waals surface area contributed by atoms with Crippen LogP contribution in [0.5, 0.6) is 0 Å². The second-order valence-electron chi connectivity index (χ2n) is 5.24. The summed E-state index contributed by atoms with van der Waals surface area (Å²) < 4.78 is 3.88. The van der Waals surface area contributed by atoms with Crippen LogP contribution in [-0.4, -0.2) is 36.3 Å². The van der Waals surface area contributed by atoms with Gasteiger partial charge < -0.3 is 4.57 Å². The zero-order valence-corrected chi connectivity index (χ0v) is 13.9. The minimum atomic E-state index is 0.117. The van der Waals surface area contributed by atoms with Gasteiger partial charge in [0.2, 0.25) is 5.16 Å². The maximum absolute atomic E-state index is 12.4. The molecule has 2 aromatic rings. The molecule has 0 fully saturated rings. The standard InChI is InChI=1S/C14H21N5OS/c1-6-18-10(4)7-12(11(18)5)13(20)8-21-14-15-16-17-19(14)9(2)3/h7,9H,6,8H2,1-5H3. The Labute approximate surface area is 128 Å². The highest BCUT2D eigenvalue weighted by molar-refractivity contribution is 7.99. The van der Waals surface area contributed by atoms with Crippen LogP contribution in [0.25, 0.3) is 0 Å². The van der Waals surface area contributed by atoms with Gasteiger partial charge >= 0.3 is 0 Å². The average Bonchev–Trinajstić information content (AvgIpc) is 3.01. The van der Waals surface area contributed by atoms with E-state index in [-0.39, 0.29) is 11.8 Å². The lowest BCUT2D eigenvalue weighted by molar-refractivity contribution is 0.102. The van der Waals surface area contributed by atoms with E-state index in [2.05, 4.69) is 27.0 Å². The van der Waals surface area contributed by atoms with Gasteiger partial charge in [0.1, 0.15) is 0 Å². The maximum Gasteiger partial charge on any atom is 0.209 e. The SMILES string of the molecule is CCn1c(C)cc(C(=O)CSc2nnnn2C(C)C)c1C. The number of rotatable bonds is 6. The highest BCUT2D eigenvalue weighted by atomic mass is 32.2. The fourth-order valence-corrected chi connectivity index (χ4v) is 3.27. The van der Waals surface area contributed by atoms with Crippen LogP contribution in [0, 0.1) is 13.8 Å². The maximum atomic E-state index is 12.4. The molecule has 0 unspecified atom stereocenters. The monoisotopic (exact) mass is 307 g/mol. The number of carbonyl (C=O) groups excluding carboxylic acids is 1. The summed E-state index contributed by atoms with van der Waals surface area (Å²) in [4.78, 5) is 12.4. The fraction of sp³-hybridized carbons (Fsp3) is 0.571. The quantitative estimate of drug-likeness (QED) is 0.606. The van der Waals surface area contributed by atoms with Crippen molar-refractivity contribution >= 4 is 17.5 Å². The molecule has 2 heterocycles. The van der Waals surface area contributed by atoms with Gasteiger partial charge in [0.25, 0.3) is 0 Å². The number of hydrogen-bond donors (Lipinski definition) is 0. The summed E-state index contributed by atoms with van der Waals surface area (Å²) >= 11 is 1.38. The van der Waals surface area contributed by atoms with Crippen molar-refractivity contribution in [2.75, 3.05) is 5.75 Å². The van der Waals surface area contributed by atoms with E-state index < -0.39 is 0 Å². The molecule has 0 N–H and O–H groups in total. The van der Waals surface area contributed by atoms with Crippen molar-refractivity contribution in [1.82, 2.24) is 24.8 Å². The summed E-state index contributed by atoms with van der Waals surface area (Å²) in [5, 5.41) is 12.3. The first-order valence-electron chi connectivity index (χ1n) is 7.06. The number of nitrogens with zero attached hydrogens (tertiary/aromatic N) is 5. The van der Waals surface area contributed by atoms with E-state index in [4.69, 9.17) is 0 Å². The number of hydrogen-bond acceptors (Lipinski definition) is 5. The van der Waals surface area contributed by atoms with Crippen molar-refractivity contribution in [3.63, 3.8) is 0 Å². The van der Waals surface area contributed by atoms with Crippen LogP contribution in [0.2, 0.25) is 0 Å². The number of thioether (sulfide) groups is 1. The lowest BCUT2D eigenvalue weighted by Crippen LogP contribution is -2.08. The van der Waals surface area contributed by atoms with Gasteiger partial charge in [0.05, 0.1) is 11.8 Å². The first kappa shape index (κ1) is 15.8. The first-order chi connectivity index (χ1) is 9.95. The second kappa shape index (κ2) is 6.43. The summed E-state index contributed by atoms with van der Waals surface area (Å²) in [5.41, 5.74) is 2.95. The number of carbonyl (C=O) groups is 1. The average molecular weight is 307 g/mol. The molecule has 0 aromatic carbocycles. The van der Waals surface area contributed by atoms with E-state index in [0.717, 1.165) is 23.5 Å². The molecule has 2 rings (SSSR count). The Hall–Kier alpha value is -1.63. The summed E-state index contributed by atoms with van der Waals surface area (Å²) in [6.07, 6.45) is 0. The van der Waals surface area contributed by atoms with E-state index in [1.807, 2.05) is 33.8 Å². The highest BCUT2D eigenvalue weighted by Crippen LogP contribution is 2.21. The van der Waals surface area contributed by atoms with Gasteiger partial charge in [-0.3, -0.25) is 4.79 Å². The van der Waals surface area contributed by atoms with Crippen LogP contribution < -0.4 is 0 Å². The Balaban J connectivity index is 2.10. The predicted molar refractivity (Wildman–Crippen MR) is 82.8 cm³/mol. The van der Waals surface area contributed by atoms with E-state index in [1.165, 1.54) is 11.8 Å². The molecular formula is C14H21N5OS. The zero-order valence-electron chi connectivity index (χ0n) is 13.1. The summed E-state index contributed by atoms with van der Waals surface area (Å²) in [6.45, 7) is 11.0. The van der Waals surface area contributed by atoms with E-state index in [9.17, 15) is 4.79 Å². The number of aromatic nitrogens is 5. The molecule has 7 heteroatoms. The molecule has 0 atom stereocenters. The molecule has 0 spiro atoms. The molecule has 2 aromatic heterocycles. The Morgan fingerprint density at radius 3 is 2.67 bits per heavy atom. The van der Waals surface area contributed by atoms with Crippen LogP contribution >= 0.6 is 11.8 Å². The first-order valence-corrected chi connectivity index (χ1v) is 8.04. The van der Waals surface area contributed by atoms with Gasteiger partial charge in [0, 0.05) is 23.5 Å². The summed E-state index contributed by atoms with van der Waals surface area (Å²) in [6, 6.07) is 2.15. The molecule has 0 saturated carbocycles. The molecule has 0 saturated heterocycles. The normalized spacial score (nSPS) is 11.3. The topological polar surface area (TPSA) is 65.6 Å². The molecule has 0 aliphatic heterocycles. The summed E-state index contributed by atoms with van der Waals surface area (Å²) in [5.74, 6) is 0.465. The van der Waals surface area contributed by atoms with E-state index >= 15 is 0 Å². The number of ketones is 1. The molecule has 6 nitrogen and oxygen atoms in total. The third-order valence-corrected chi connectivity index (χ3v) is 4.41. The van der Waals surface area contributed by atoms with Crippen LogP contribution in [0.3, 0.4) is 0 Å². The predicted octanol–water partition coefficient (Wildman–Crippen LogP) is 2.67. The van der Waals surface area contributed by atoms with Crippen LogP contribution in [0.4, 0.5) is 0 Å². The van der Waals surface area contributed by atoms with Crippen LogP contribution in [0.1, 0.15) is 48.6 Å². The third kappa shape index (κ3) is 3.18. The molecule has 0 aliphatic carbocycles. The molecule has 0 radical (unpaired) electrons. The smallest absolute Gasteiger partial charge is 0.209 e. The molecule has 0 aliphatic rings. The molecule has 21 heavy (non-hydrogen) atoms. The molecule has 0 bridgehead atoms. The molecular weight excluding hydrogens is 286 g/mol. The lowest BCUT2D eigenvalue weighted by atomic mass is 10.2. The Morgan fingerprint density at radius 1 is 1.38 bits per heavy atom. The van der Waals surface area contributed by atoms with Gasteiger partial charge in [-0.2, -0.15) is 0 Å². The van der Waals surface area contributed by atoms with Crippen molar-refractivity contribution in [3.05, 3.63) is 23.0 Å². The Kier molecular flexibility index (Phi) is 4.82. The van der Waals surface area contributed by atoms with Gasteiger partial charge in [-0.25, -0.2) is 4.68 Å². The number of Topliss-reactive ketones (excluding diaryl/α,β-unsaturated/α-hetero) is 1. The van der Waals surface area contributed by atoms with Gasteiger partial charge in [-0.1, -0.05) is 11.8 Å². The second-order valence-corrected chi connectivity index (χ2v) is 6.18. The van der Waals surface area contributed by atoms with Crippen LogP contribution in [0.15, 0.2) is 11.2 Å². The van der Waals surface area contributed by atoms with Gasteiger partial charge in [-0.05, 0) is 51.1 Å². The van der Waals surface area contributed by atoms with Crippen molar-refractivity contribution in [2.24, 2.45) is 0 Å². The zero-order chi connectivity index (χ0) is 15.6. The van der Waals surface area contributed by atoms with Crippen molar-refractivity contribution < 1.29 is 4.79 Å². The van der Waals surface area contributed by atoms with Crippen molar-refractivity contribution in [3.8, 4) is 0 Å². The molecule has 0 amide bonds. The van der Waals surface area contributed by atoms with Crippen molar-refractivity contribution in [1.29, 1.82) is 0 Å². The minimum Gasteiger partial charge on any atom is -0.349 e. The highest BCUT2D eigenvalue weighted by Gasteiger charge is 2.17. The number of tetrazole rings is 1. The van der Waals surface area contributed by atoms with E-state index in [0.29, 0.717) is 10.9 Å². The third-order valence-electron chi connectivity index (χ3n) is 3.47. The van der Waals surface area contributed by atoms with Crippen molar-refractivity contribution in [2.45, 2.75) is 52.4 Å². The number of aryl methyl sites for hydroxylation is 1. The fourth-order valence-electron chi connectivity index (χ4n) is 2.38. The Bertz CT molecular complexity index is 644. The summed E-state index contributed by atoms with van der Waals surface area (Å²) in [7, 11) is 0. The Morgan fingerprint density at radius 2 is 2.10 bits per heavy atom. The lowest BCUT2D eigenvalue weighted by Gasteiger charge is -2.07. The van der Waals surface area contributed by atoms with Gasteiger partial charge in [-0.15, -0.1) is 5.10 Å². The minimum absolute atomic E-state index is 0.117. The molecule has 114 valence electrons. The largest absolute Gasteiger partial charge is 0.349 e. The van der Waals surface area contributed by atoms with Gasteiger partial charge in [0.15, 0.2) is 5.78 Å².